The summed E-state index contributed by atoms with van der Waals surface area (Å²) in [6.07, 6.45) is 1.53. The molecule has 19 heavy (non-hydrogen) atoms. The van der Waals surface area contributed by atoms with Gasteiger partial charge in [0.15, 0.2) is 0 Å². The van der Waals surface area contributed by atoms with Crippen LogP contribution in [-0.2, 0) is 19.1 Å². The normalized spacial score (nSPS) is 20.6. The van der Waals surface area contributed by atoms with Crippen LogP contribution in [0.5, 0.6) is 0 Å². The first-order chi connectivity index (χ1) is 8.95. The smallest absolute Gasteiger partial charge is 0.310 e. The van der Waals surface area contributed by atoms with Gasteiger partial charge >= 0.3 is 5.97 Å². The molecule has 1 rings (SSSR count). The van der Waals surface area contributed by atoms with E-state index in [0.717, 1.165) is 12.8 Å². The zero-order valence-electron chi connectivity index (χ0n) is 11.8. The molecule has 0 aliphatic carbocycles. The molecule has 2 amide bonds. The topological polar surface area (TPSA) is 75.7 Å². The summed E-state index contributed by atoms with van der Waals surface area (Å²) >= 11 is 0. The van der Waals surface area contributed by atoms with Crippen molar-refractivity contribution in [3.63, 3.8) is 0 Å². The van der Waals surface area contributed by atoms with Gasteiger partial charge in [0.2, 0.25) is 11.8 Å². The van der Waals surface area contributed by atoms with Crippen LogP contribution >= 0.6 is 0 Å². The van der Waals surface area contributed by atoms with Gasteiger partial charge in [-0.2, -0.15) is 0 Å². The summed E-state index contributed by atoms with van der Waals surface area (Å²) < 4.78 is 4.99. The Morgan fingerprint density at radius 1 is 1.42 bits per heavy atom. The van der Waals surface area contributed by atoms with Crippen LogP contribution in [-0.4, -0.2) is 48.4 Å². The number of piperidine rings is 1. The SMILES string of the molecule is CCOC(=O)C1CCCN(C(=O)C(C)NC(C)=O)C1. The Balaban J connectivity index is 2.56. The van der Waals surface area contributed by atoms with Crippen molar-refractivity contribution in [2.45, 2.75) is 39.7 Å². The maximum absolute atomic E-state index is 12.1. The fourth-order valence-electron chi connectivity index (χ4n) is 2.27. The summed E-state index contributed by atoms with van der Waals surface area (Å²) in [7, 11) is 0. The third-order valence-electron chi connectivity index (χ3n) is 3.14. The summed E-state index contributed by atoms with van der Waals surface area (Å²) in [6, 6.07) is -0.557. The van der Waals surface area contributed by atoms with Crippen LogP contribution in [0.15, 0.2) is 0 Å². The minimum atomic E-state index is -0.557. The molecular formula is C13H22N2O4. The van der Waals surface area contributed by atoms with Gasteiger partial charge in [-0.3, -0.25) is 14.4 Å². The molecule has 6 nitrogen and oxygen atoms in total. The molecule has 1 aliphatic rings. The van der Waals surface area contributed by atoms with Crippen molar-refractivity contribution in [1.29, 1.82) is 0 Å². The first-order valence-electron chi connectivity index (χ1n) is 6.68. The first kappa shape index (κ1) is 15.5. The lowest BCUT2D eigenvalue weighted by molar-refractivity contribution is -0.151. The number of amides is 2. The maximum atomic E-state index is 12.1. The molecule has 0 aromatic rings. The van der Waals surface area contributed by atoms with Crippen LogP contribution in [0.3, 0.4) is 0 Å². The lowest BCUT2D eigenvalue weighted by Gasteiger charge is -2.33. The lowest BCUT2D eigenvalue weighted by atomic mass is 9.97. The van der Waals surface area contributed by atoms with E-state index in [0.29, 0.717) is 19.7 Å². The fraction of sp³-hybridized carbons (Fsp3) is 0.769. The molecular weight excluding hydrogens is 248 g/mol. The Morgan fingerprint density at radius 2 is 2.11 bits per heavy atom. The number of esters is 1. The number of carbonyl (C=O) groups excluding carboxylic acids is 3. The molecule has 6 heteroatoms. The summed E-state index contributed by atoms with van der Waals surface area (Å²) in [5.41, 5.74) is 0. The number of carbonyl (C=O) groups is 3. The van der Waals surface area contributed by atoms with Gasteiger partial charge in [0, 0.05) is 20.0 Å². The van der Waals surface area contributed by atoms with Crippen molar-refractivity contribution in [1.82, 2.24) is 10.2 Å². The number of nitrogens with zero attached hydrogens (tertiary/aromatic N) is 1. The molecule has 2 unspecified atom stereocenters. The summed E-state index contributed by atoms with van der Waals surface area (Å²) in [6.45, 7) is 6.15. The molecule has 108 valence electrons. The van der Waals surface area contributed by atoms with Crippen molar-refractivity contribution in [3.8, 4) is 0 Å². The van der Waals surface area contributed by atoms with Gasteiger partial charge in [0.1, 0.15) is 6.04 Å². The molecule has 1 N–H and O–H groups in total. The molecule has 0 aromatic carbocycles. The predicted molar refractivity (Wildman–Crippen MR) is 69.2 cm³/mol. The van der Waals surface area contributed by atoms with Crippen LogP contribution < -0.4 is 5.32 Å². The standard InChI is InChI=1S/C13H22N2O4/c1-4-19-13(18)11-6-5-7-15(8-11)12(17)9(2)14-10(3)16/h9,11H,4-8H2,1-3H3,(H,14,16). The Labute approximate surface area is 113 Å². The zero-order valence-corrected chi connectivity index (χ0v) is 11.8. The Bertz CT molecular complexity index is 357. The predicted octanol–water partition coefficient (Wildman–Crippen LogP) is 0.313. The van der Waals surface area contributed by atoms with Gasteiger partial charge in [0.05, 0.1) is 12.5 Å². The van der Waals surface area contributed by atoms with E-state index in [4.69, 9.17) is 4.74 Å². The van der Waals surface area contributed by atoms with E-state index >= 15 is 0 Å². The molecule has 0 bridgehead atoms. The highest BCUT2D eigenvalue weighted by molar-refractivity contribution is 5.87. The van der Waals surface area contributed by atoms with Crippen molar-refractivity contribution in [2.24, 2.45) is 5.92 Å². The van der Waals surface area contributed by atoms with E-state index in [-0.39, 0.29) is 23.7 Å². The molecule has 1 saturated heterocycles. The molecule has 0 saturated carbocycles. The molecule has 1 fully saturated rings. The number of ether oxygens (including phenoxy) is 1. The second-order valence-corrected chi connectivity index (χ2v) is 4.80. The van der Waals surface area contributed by atoms with Gasteiger partial charge in [-0.1, -0.05) is 0 Å². The van der Waals surface area contributed by atoms with Gasteiger partial charge in [-0.15, -0.1) is 0 Å². The zero-order chi connectivity index (χ0) is 14.4. The third kappa shape index (κ3) is 4.54. The molecule has 1 aliphatic heterocycles. The number of hydrogen-bond acceptors (Lipinski definition) is 4. The van der Waals surface area contributed by atoms with Crippen LogP contribution in [0.4, 0.5) is 0 Å². The van der Waals surface area contributed by atoms with Crippen LogP contribution in [0.1, 0.15) is 33.6 Å². The highest BCUT2D eigenvalue weighted by Crippen LogP contribution is 2.18. The van der Waals surface area contributed by atoms with Crippen LogP contribution in [0.2, 0.25) is 0 Å². The molecule has 0 radical (unpaired) electrons. The lowest BCUT2D eigenvalue weighted by Crippen LogP contribution is -2.50. The minimum absolute atomic E-state index is 0.149. The third-order valence-corrected chi connectivity index (χ3v) is 3.14. The average Bonchev–Trinajstić information content (AvgIpc) is 2.37. The fourth-order valence-corrected chi connectivity index (χ4v) is 2.27. The Hall–Kier alpha value is -1.59. The average molecular weight is 270 g/mol. The largest absolute Gasteiger partial charge is 0.466 e. The quantitative estimate of drug-likeness (QED) is 0.746. The van der Waals surface area contributed by atoms with Gasteiger partial charge in [-0.05, 0) is 26.7 Å². The van der Waals surface area contributed by atoms with Crippen LogP contribution in [0.25, 0.3) is 0 Å². The number of nitrogens with one attached hydrogen (secondary N) is 1. The van der Waals surface area contributed by atoms with Crippen molar-refractivity contribution < 1.29 is 19.1 Å². The van der Waals surface area contributed by atoms with Crippen molar-refractivity contribution in [3.05, 3.63) is 0 Å². The van der Waals surface area contributed by atoms with Crippen molar-refractivity contribution >= 4 is 17.8 Å². The van der Waals surface area contributed by atoms with E-state index < -0.39 is 6.04 Å². The number of hydrogen-bond donors (Lipinski definition) is 1. The summed E-state index contributed by atoms with van der Waals surface area (Å²) in [4.78, 5) is 36.4. The van der Waals surface area contributed by atoms with Crippen molar-refractivity contribution in [2.75, 3.05) is 19.7 Å². The summed E-state index contributed by atoms with van der Waals surface area (Å²) in [5, 5.41) is 2.56. The van der Waals surface area contributed by atoms with Gasteiger partial charge in [0.25, 0.3) is 0 Å². The summed E-state index contributed by atoms with van der Waals surface area (Å²) in [5.74, 6) is -0.877. The van der Waals surface area contributed by atoms with Crippen LogP contribution in [0, 0.1) is 5.92 Å². The van der Waals surface area contributed by atoms with E-state index in [1.807, 2.05) is 0 Å². The first-order valence-corrected chi connectivity index (χ1v) is 6.68. The molecule has 2 atom stereocenters. The van der Waals surface area contributed by atoms with Gasteiger partial charge < -0.3 is 15.0 Å². The number of rotatable bonds is 4. The number of likely N-dealkylation sites (tertiary alicyclic amines) is 1. The molecule has 1 heterocycles. The van der Waals surface area contributed by atoms with E-state index in [1.54, 1.807) is 18.7 Å². The van der Waals surface area contributed by atoms with E-state index in [9.17, 15) is 14.4 Å². The highest BCUT2D eigenvalue weighted by Gasteiger charge is 2.31. The highest BCUT2D eigenvalue weighted by atomic mass is 16.5. The minimum Gasteiger partial charge on any atom is -0.466 e. The monoisotopic (exact) mass is 270 g/mol. The second-order valence-electron chi connectivity index (χ2n) is 4.80. The second kappa shape index (κ2) is 7.11. The van der Waals surface area contributed by atoms with E-state index in [1.165, 1.54) is 6.92 Å². The maximum Gasteiger partial charge on any atom is 0.310 e. The molecule has 0 spiro atoms. The molecule has 0 aromatic heterocycles. The Kier molecular flexibility index (Phi) is 5.79. The Morgan fingerprint density at radius 3 is 2.68 bits per heavy atom. The van der Waals surface area contributed by atoms with Gasteiger partial charge in [-0.25, -0.2) is 0 Å². The van der Waals surface area contributed by atoms with E-state index in [2.05, 4.69) is 5.32 Å².